The summed E-state index contributed by atoms with van der Waals surface area (Å²) in [5.74, 6) is -1.05. The van der Waals surface area contributed by atoms with Gasteiger partial charge in [0.05, 0.1) is 35.7 Å². The second-order valence-electron chi connectivity index (χ2n) is 7.54. The Morgan fingerprint density at radius 2 is 1.62 bits per heavy atom. The third kappa shape index (κ3) is 4.36. The molecule has 3 aromatic carbocycles. The number of nitrogens with one attached hydrogen (secondary N) is 1. The minimum atomic E-state index is -1.07. The molecule has 1 amide bonds. The lowest BCUT2D eigenvalue weighted by atomic mass is 10.0. The first-order valence-electron chi connectivity index (χ1n) is 10.4. The predicted molar refractivity (Wildman–Crippen MR) is 126 cm³/mol. The number of nitro groups is 1. The highest BCUT2D eigenvalue weighted by atomic mass is 16.6. The second-order valence-corrected chi connectivity index (χ2v) is 7.54. The number of nitro benzene ring substituents is 1. The number of amides is 1. The number of ether oxygens (including phenoxy) is 2. The molecule has 0 bridgehead atoms. The fraction of sp³-hybridized carbons (Fsp3) is 0.160. The molecule has 172 valence electrons. The lowest BCUT2D eigenvalue weighted by Gasteiger charge is -2.18. The molecule has 34 heavy (non-hydrogen) atoms. The predicted octanol–water partition coefficient (Wildman–Crippen LogP) is 3.82. The summed E-state index contributed by atoms with van der Waals surface area (Å²) in [5.41, 5.74) is 1.91. The quantitative estimate of drug-likeness (QED) is 0.193. The number of para-hydroxylation sites is 2. The molecule has 9 heteroatoms. The average molecular weight is 459 g/mol. The highest BCUT2D eigenvalue weighted by molar-refractivity contribution is 6.16. The maximum atomic E-state index is 13.5. The van der Waals surface area contributed by atoms with Crippen LogP contribution in [-0.2, 0) is 16.0 Å². The molecule has 1 N–H and O–H groups in total. The number of carbonyl (C=O) groups excluding carboxylic acids is 2. The van der Waals surface area contributed by atoms with E-state index in [2.05, 4.69) is 10.3 Å². The highest BCUT2D eigenvalue weighted by Crippen LogP contribution is 2.29. The first-order valence-corrected chi connectivity index (χ1v) is 10.4. The Hall–Kier alpha value is -4.53. The van der Waals surface area contributed by atoms with Crippen molar-refractivity contribution in [1.82, 2.24) is 10.3 Å². The SMILES string of the molecule is COC(=O)[C@H](Cc1ccc(OC)c([N+](=O)[O-])c1)NC(=O)c1c2ccccc2nc2ccccc12. The van der Waals surface area contributed by atoms with Crippen LogP contribution in [0.1, 0.15) is 15.9 Å². The molecule has 0 aliphatic carbocycles. The number of rotatable bonds is 7. The van der Waals surface area contributed by atoms with Gasteiger partial charge in [0.15, 0.2) is 5.75 Å². The van der Waals surface area contributed by atoms with Crippen LogP contribution in [0.4, 0.5) is 5.69 Å². The van der Waals surface area contributed by atoms with Crippen molar-refractivity contribution in [2.24, 2.45) is 0 Å². The zero-order valence-electron chi connectivity index (χ0n) is 18.5. The molecule has 1 atom stereocenters. The van der Waals surface area contributed by atoms with Crippen LogP contribution in [0.3, 0.4) is 0 Å². The van der Waals surface area contributed by atoms with Gasteiger partial charge in [0.25, 0.3) is 5.91 Å². The highest BCUT2D eigenvalue weighted by Gasteiger charge is 2.26. The van der Waals surface area contributed by atoms with Crippen molar-refractivity contribution >= 4 is 39.4 Å². The Bertz CT molecular complexity index is 1360. The van der Waals surface area contributed by atoms with Crippen molar-refractivity contribution in [2.45, 2.75) is 12.5 Å². The summed E-state index contributed by atoms with van der Waals surface area (Å²) in [6.45, 7) is 0. The molecule has 0 unspecified atom stereocenters. The van der Waals surface area contributed by atoms with Crippen LogP contribution in [-0.4, -0.2) is 42.0 Å². The van der Waals surface area contributed by atoms with Gasteiger partial charge in [-0.1, -0.05) is 42.5 Å². The number of methoxy groups -OCH3 is 2. The summed E-state index contributed by atoms with van der Waals surface area (Å²) in [4.78, 5) is 41.5. The topological polar surface area (TPSA) is 121 Å². The molecule has 0 fully saturated rings. The third-order valence-corrected chi connectivity index (χ3v) is 5.49. The van der Waals surface area contributed by atoms with E-state index in [9.17, 15) is 19.7 Å². The molecule has 1 heterocycles. The Morgan fingerprint density at radius 1 is 1.00 bits per heavy atom. The molecule has 4 rings (SSSR count). The van der Waals surface area contributed by atoms with Gasteiger partial charge in [0.2, 0.25) is 0 Å². The molecule has 0 aliphatic heterocycles. The summed E-state index contributed by atoms with van der Waals surface area (Å²) in [5, 5.41) is 15.4. The van der Waals surface area contributed by atoms with Gasteiger partial charge in [-0.2, -0.15) is 0 Å². The van der Waals surface area contributed by atoms with E-state index >= 15 is 0 Å². The lowest BCUT2D eigenvalue weighted by Crippen LogP contribution is -2.43. The van der Waals surface area contributed by atoms with Gasteiger partial charge >= 0.3 is 11.7 Å². The zero-order valence-corrected chi connectivity index (χ0v) is 18.5. The van der Waals surface area contributed by atoms with Crippen molar-refractivity contribution in [1.29, 1.82) is 0 Å². The number of carbonyl (C=O) groups is 2. The Labute approximate surface area is 194 Å². The number of benzene rings is 3. The summed E-state index contributed by atoms with van der Waals surface area (Å²) < 4.78 is 9.92. The van der Waals surface area contributed by atoms with E-state index in [0.717, 1.165) is 0 Å². The van der Waals surface area contributed by atoms with E-state index in [-0.39, 0.29) is 17.9 Å². The average Bonchev–Trinajstić information content (AvgIpc) is 2.86. The van der Waals surface area contributed by atoms with Crippen LogP contribution < -0.4 is 10.1 Å². The number of aromatic nitrogens is 1. The van der Waals surface area contributed by atoms with E-state index in [1.54, 1.807) is 18.2 Å². The molecule has 0 spiro atoms. The van der Waals surface area contributed by atoms with Crippen LogP contribution in [0.15, 0.2) is 66.7 Å². The summed E-state index contributed by atoms with van der Waals surface area (Å²) in [7, 11) is 2.55. The standard InChI is InChI=1S/C25H21N3O6/c1-33-22-12-11-15(14-21(22)28(31)32)13-20(25(30)34-2)27-24(29)23-16-7-3-5-9-18(16)26-19-10-6-4-8-17(19)23/h3-12,14,20H,13H2,1-2H3,(H,27,29)/t20-/m0/s1. The number of hydrogen-bond donors (Lipinski definition) is 1. The van der Waals surface area contributed by atoms with Crippen molar-refractivity contribution < 1.29 is 24.0 Å². The fourth-order valence-corrected chi connectivity index (χ4v) is 3.89. The van der Waals surface area contributed by atoms with Crippen LogP contribution in [0.2, 0.25) is 0 Å². The van der Waals surface area contributed by atoms with Crippen LogP contribution in [0.5, 0.6) is 5.75 Å². The van der Waals surface area contributed by atoms with Crippen LogP contribution in [0.25, 0.3) is 21.8 Å². The lowest BCUT2D eigenvalue weighted by molar-refractivity contribution is -0.385. The van der Waals surface area contributed by atoms with Gasteiger partial charge in [0.1, 0.15) is 6.04 Å². The molecule has 4 aromatic rings. The second kappa shape index (κ2) is 9.53. The first-order chi connectivity index (χ1) is 16.4. The van der Waals surface area contributed by atoms with Crippen molar-refractivity contribution in [3.05, 3.63) is 88.0 Å². The van der Waals surface area contributed by atoms with Gasteiger partial charge < -0.3 is 14.8 Å². The number of pyridine rings is 1. The summed E-state index contributed by atoms with van der Waals surface area (Å²) >= 11 is 0. The van der Waals surface area contributed by atoms with E-state index in [1.165, 1.54) is 26.4 Å². The number of esters is 1. The van der Waals surface area contributed by atoms with Gasteiger partial charge in [-0.3, -0.25) is 14.9 Å². The molecule has 0 aliphatic rings. The third-order valence-electron chi connectivity index (χ3n) is 5.49. The van der Waals surface area contributed by atoms with Crippen molar-refractivity contribution in [2.75, 3.05) is 14.2 Å². The van der Waals surface area contributed by atoms with Gasteiger partial charge in [-0.15, -0.1) is 0 Å². The Morgan fingerprint density at radius 3 is 2.18 bits per heavy atom. The van der Waals surface area contributed by atoms with Gasteiger partial charge in [-0.25, -0.2) is 9.78 Å². The smallest absolute Gasteiger partial charge is 0.328 e. The largest absolute Gasteiger partial charge is 0.490 e. The number of fused-ring (bicyclic) bond motifs is 2. The number of nitrogens with zero attached hydrogens (tertiary/aromatic N) is 2. The number of hydrogen-bond acceptors (Lipinski definition) is 7. The Kier molecular flexibility index (Phi) is 6.35. The van der Waals surface area contributed by atoms with E-state index in [1.807, 2.05) is 36.4 Å². The van der Waals surface area contributed by atoms with E-state index in [4.69, 9.17) is 9.47 Å². The van der Waals surface area contributed by atoms with Crippen molar-refractivity contribution in [3.63, 3.8) is 0 Å². The van der Waals surface area contributed by atoms with E-state index < -0.39 is 22.8 Å². The summed E-state index contributed by atoms with van der Waals surface area (Å²) in [6, 6.07) is 17.8. The summed E-state index contributed by atoms with van der Waals surface area (Å²) in [6.07, 6.45) is -0.00973. The van der Waals surface area contributed by atoms with Crippen LogP contribution in [0, 0.1) is 10.1 Å². The maximum absolute atomic E-state index is 13.5. The minimum Gasteiger partial charge on any atom is -0.490 e. The molecular formula is C25H21N3O6. The van der Waals surface area contributed by atoms with Gasteiger partial charge in [0, 0.05) is 23.3 Å². The molecule has 0 radical (unpaired) electrons. The first kappa shape index (κ1) is 22.7. The molecular weight excluding hydrogens is 438 g/mol. The zero-order chi connectivity index (χ0) is 24.2. The Balaban J connectivity index is 1.72. The molecule has 0 saturated carbocycles. The normalized spacial score (nSPS) is 11.7. The molecule has 1 aromatic heterocycles. The minimum absolute atomic E-state index is 0.00973. The fourth-order valence-electron chi connectivity index (χ4n) is 3.89. The monoisotopic (exact) mass is 459 g/mol. The van der Waals surface area contributed by atoms with Gasteiger partial charge in [-0.05, 0) is 23.8 Å². The molecule has 0 saturated heterocycles. The van der Waals surface area contributed by atoms with Crippen LogP contribution >= 0.6 is 0 Å². The maximum Gasteiger partial charge on any atom is 0.328 e. The van der Waals surface area contributed by atoms with Crippen molar-refractivity contribution in [3.8, 4) is 5.75 Å². The molecule has 9 nitrogen and oxygen atoms in total. The van der Waals surface area contributed by atoms with E-state index in [0.29, 0.717) is 32.9 Å².